The van der Waals surface area contributed by atoms with E-state index in [1.807, 2.05) is 30.3 Å². The first-order chi connectivity index (χ1) is 15.0. The highest BCUT2D eigenvalue weighted by Crippen LogP contribution is 2.33. The summed E-state index contributed by atoms with van der Waals surface area (Å²) in [6, 6.07) is 11.2. The van der Waals surface area contributed by atoms with Crippen LogP contribution in [-0.2, 0) is 23.0 Å². The topological polar surface area (TPSA) is 78.3 Å². The van der Waals surface area contributed by atoms with E-state index in [4.69, 9.17) is 16.3 Å². The monoisotopic (exact) mass is 474 g/mol. The molecule has 3 rings (SSSR count). The van der Waals surface area contributed by atoms with Gasteiger partial charge >= 0.3 is 0 Å². The van der Waals surface area contributed by atoms with Gasteiger partial charge in [-0.2, -0.15) is 5.10 Å². The van der Waals surface area contributed by atoms with Crippen LogP contribution in [0.2, 0.25) is 5.02 Å². The van der Waals surface area contributed by atoms with Crippen molar-refractivity contribution >= 4 is 27.2 Å². The number of aryl methyl sites for hydroxylation is 1. The Labute approximate surface area is 194 Å². The van der Waals surface area contributed by atoms with E-state index in [-0.39, 0.29) is 33.4 Å². The van der Waals surface area contributed by atoms with Gasteiger partial charge in [0.15, 0.2) is 9.84 Å². The average Bonchev–Trinajstić information content (AvgIpc) is 3.10. The number of carbonyl (C=O) groups is 1. The van der Waals surface area contributed by atoms with Crippen molar-refractivity contribution in [1.29, 1.82) is 0 Å². The summed E-state index contributed by atoms with van der Waals surface area (Å²) >= 11 is 6.48. The van der Waals surface area contributed by atoms with Crippen molar-refractivity contribution in [2.24, 2.45) is 5.92 Å². The van der Waals surface area contributed by atoms with Crippen LogP contribution in [-0.4, -0.2) is 30.2 Å². The number of ketones is 1. The second-order valence-corrected chi connectivity index (χ2v) is 10.7. The van der Waals surface area contributed by atoms with Gasteiger partial charge in [-0.3, -0.25) is 4.79 Å². The fourth-order valence-corrected chi connectivity index (χ4v) is 5.30. The summed E-state index contributed by atoms with van der Waals surface area (Å²) in [5.41, 5.74) is 2.31. The van der Waals surface area contributed by atoms with Crippen molar-refractivity contribution in [2.45, 2.75) is 45.7 Å². The lowest BCUT2D eigenvalue weighted by Gasteiger charge is -2.15. The largest absolute Gasteiger partial charge is 0.472 e. The third-order valence-electron chi connectivity index (χ3n) is 5.03. The first kappa shape index (κ1) is 24.0. The molecule has 0 spiro atoms. The maximum atomic E-state index is 13.5. The minimum atomic E-state index is -3.49. The molecular weight excluding hydrogens is 448 g/mol. The van der Waals surface area contributed by atoms with E-state index in [2.05, 4.69) is 18.9 Å². The molecule has 0 unspecified atom stereocenters. The Morgan fingerprint density at radius 3 is 2.41 bits per heavy atom. The van der Waals surface area contributed by atoms with Crippen molar-refractivity contribution < 1.29 is 17.9 Å². The Balaban J connectivity index is 2.05. The van der Waals surface area contributed by atoms with Crippen LogP contribution in [0.3, 0.4) is 0 Å². The van der Waals surface area contributed by atoms with E-state index in [1.54, 1.807) is 18.5 Å². The van der Waals surface area contributed by atoms with E-state index in [0.29, 0.717) is 29.5 Å². The van der Waals surface area contributed by atoms with Gasteiger partial charge in [0.05, 0.1) is 16.1 Å². The highest BCUT2D eigenvalue weighted by Gasteiger charge is 2.27. The van der Waals surface area contributed by atoms with Gasteiger partial charge in [0.2, 0.25) is 11.7 Å². The molecule has 3 aromatic rings. The number of rotatable bonds is 8. The standard InChI is InChI=1S/C24H27ClN2O4S/c1-15(2)13-27-24(31-14-18-9-7-6-8-10-18)20(12-26-27)22(28)19-11-16(3)23(32(5,29)30)17(4)21(19)25/h6-12,15H,13-14H2,1-5H3. The zero-order valence-corrected chi connectivity index (χ0v) is 20.4. The van der Waals surface area contributed by atoms with Gasteiger partial charge in [0.25, 0.3) is 0 Å². The second kappa shape index (κ2) is 9.46. The highest BCUT2D eigenvalue weighted by molar-refractivity contribution is 7.90. The molecule has 6 nitrogen and oxygen atoms in total. The van der Waals surface area contributed by atoms with Crippen LogP contribution >= 0.6 is 11.6 Å². The third-order valence-corrected chi connectivity index (χ3v) is 6.89. The lowest BCUT2D eigenvalue weighted by molar-refractivity contribution is 0.103. The van der Waals surface area contributed by atoms with E-state index in [0.717, 1.165) is 11.8 Å². The number of sulfone groups is 1. The van der Waals surface area contributed by atoms with Gasteiger partial charge in [0, 0.05) is 18.4 Å². The van der Waals surface area contributed by atoms with Crippen LogP contribution in [0, 0.1) is 19.8 Å². The van der Waals surface area contributed by atoms with Gasteiger partial charge < -0.3 is 4.74 Å². The highest BCUT2D eigenvalue weighted by atomic mass is 35.5. The minimum Gasteiger partial charge on any atom is -0.472 e. The maximum Gasteiger partial charge on any atom is 0.223 e. The molecule has 8 heteroatoms. The average molecular weight is 475 g/mol. The summed E-state index contributed by atoms with van der Waals surface area (Å²) in [4.78, 5) is 13.6. The minimum absolute atomic E-state index is 0.117. The molecule has 0 aliphatic heterocycles. The zero-order chi connectivity index (χ0) is 23.6. The summed E-state index contributed by atoms with van der Waals surface area (Å²) in [7, 11) is -3.49. The molecule has 170 valence electrons. The van der Waals surface area contributed by atoms with Gasteiger partial charge in [-0.25, -0.2) is 13.1 Å². The lowest BCUT2D eigenvalue weighted by atomic mass is 10.0. The second-order valence-electron chi connectivity index (χ2n) is 8.32. The van der Waals surface area contributed by atoms with Crippen molar-refractivity contribution in [3.05, 3.63) is 75.4 Å². The number of carbonyl (C=O) groups excluding carboxylic acids is 1. The van der Waals surface area contributed by atoms with Crippen molar-refractivity contribution in [3.63, 3.8) is 0 Å². The van der Waals surface area contributed by atoms with E-state index in [9.17, 15) is 13.2 Å². The Morgan fingerprint density at radius 1 is 1.16 bits per heavy atom. The molecule has 0 saturated heterocycles. The van der Waals surface area contributed by atoms with Crippen LogP contribution in [0.4, 0.5) is 0 Å². The fraction of sp³-hybridized carbons (Fsp3) is 0.333. The normalized spacial score (nSPS) is 11.7. The number of ether oxygens (including phenoxy) is 1. The summed E-state index contributed by atoms with van der Waals surface area (Å²) in [5.74, 6) is 0.296. The molecule has 2 aromatic carbocycles. The van der Waals surface area contributed by atoms with Crippen LogP contribution < -0.4 is 4.74 Å². The van der Waals surface area contributed by atoms with E-state index in [1.165, 1.54) is 12.3 Å². The Morgan fingerprint density at radius 2 is 1.81 bits per heavy atom. The molecule has 0 aliphatic rings. The van der Waals surface area contributed by atoms with Gasteiger partial charge in [-0.1, -0.05) is 55.8 Å². The van der Waals surface area contributed by atoms with E-state index < -0.39 is 9.84 Å². The summed E-state index contributed by atoms with van der Waals surface area (Å²) in [5, 5.41) is 4.50. The summed E-state index contributed by atoms with van der Waals surface area (Å²) in [6.45, 7) is 8.23. The van der Waals surface area contributed by atoms with Crippen LogP contribution in [0.15, 0.2) is 47.5 Å². The molecule has 0 atom stereocenters. The van der Waals surface area contributed by atoms with E-state index >= 15 is 0 Å². The predicted molar refractivity (Wildman–Crippen MR) is 125 cm³/mol. The van der Waals surface area contributed by atoms with Gasteiger partial charge in [-0.15, -0.1) is 0 Å². The number of nitrogens with zero attached hydrogens (tertiary/aromatic N) is 2. The quantitative estimate of drug-likeness (QED) is 0.428. The molecule has 0 amide bonds. The van der Waals surface area contributed by atoms with Crippen LogP contribution in [0.5, 0.6) is 5.88 Å². The number of aromatic nitrogens is 2. The van der Waals surface area contributed by atoms with Gasteiger partial charge in [0.1, 0.15) is 12.2 Å². The maximum absolute atomic E-state index is 13.5. The van der Waals surface area contributed by atoms with Gasteiger partial charge in [-0.05, 0) is 42.5 Å². The molecule has 1 heterocycles. The zero-order valence-electron chi connectivity index (χ0n) is 18.8. The first-order valence-electron chi connectivity index (χ1n) is 10.3. The molecular formula is C24H27ClN2O4S. The number of hydrogen-bond donors (Lipinski definition) is 0. The Kier molecular flexibility index (Phi) is 7.10. The number of halogens is 1. The molecule has 0 saturated carbocycles. The fourth-order valence-electron chi connectivity index (χ4n) is 3.71. The molecule has 0 N–H and O–H groups in total. The smallest absolute Gasteiger partial charge is 0.223 e. The van der Waals surface area contributed by atoms with Crippen molar-refractivity contribution in [1.82, 2.24) is 9.78 Å². The van der Waals surface area contributed by atoms with Crippen LogP contribution in [0.25, 0.3) is 0 Å². The third kappa shape index (κ3) is 5.05. The molecule has 0 bridgehead atoms. The number of benzene rings is 2. The lowest BCUT2D eigenvalue weighted by Crippen LogP contribution is -2.13. The Hall–Kier alpha value is -2.64. The Bertz CT molecular complexity index is 1250. The molecule has 0 radical (unpaired) electrons. The predicted octanol–water partition coefficient (Wildman–Crippen LogP) is 5.02. The summed E-state index contributed by atoms with van der Waals surface area (Å²) < 4.78 is 32.1. The molecule has 1 aromatic heterocycles. The molecule has 0 aliphatic carbocycles. The first-order valence-corrected chi connectivity index (χ1v) is 12.5. The van der Waals surface area contributed by atoms with Crippen molar-refractivity contribution in [2.75, 3.05) is 6.26 Å². The molecule has 0 fully saturated rings. The SMILES string of the molecule is Cc1cc(C(=O)c2cnn(CC(C)C)c2OCc2ccccc2)c(Cl)c(C)c1S(C)(=O)=O. The van der Waals surface area contributed by atoms with Crippen molar-refractivity contribution in [3.8, 4) is 5.88 Å². The summed E-state index contributed by atoms with van der Waals surface area (Å²) in [6.07, 6.45) is 2.61. The van der Waals surface area contributed by atoms with Crippen LogP contribution in [0.1, 0.15) is 46.5 Å². The number of hydrogen-bond acceptors (Lipinski definition) is 5. The molecule has 32 heavy (non-hydrogen) atoms.